The third-order valence-corrected chi connectivity index (χ3v) is 3.49. The molecule has 0 saturated carbocycles. The number of para-hydroxylation sites is 1. The first kappa shape index (κ1) is 18.8. The van der Waals surface area contributed by atoms with Gasteiger partial charge in [0.25, 0.3) is 11.4 Å². The Morgan fingerprint density at radius 1 is 1.08 bits per heavy atom. The van der Waals surface area contributed by atoms with Gasteiger partial charge in [-0.05, 0) is 6.07 Å². The summed E-state index contributed by atoms with van der Waals surface area (Å²) in [7, 11) is 2.10. The molecule has 0 bridgehead atoms. The van der Waals surface area contributed by atoms with Crippen LogP contribution in [0.3, 0.4) is 0 Å². The average molecular weight is 367 g/mol. The normalized spacial score (nSPS) is 14.0. The maximum absolute atomic E-state index is 12.2. The van der Waals surface area contributed by atoms with Crippen molar-refractivity contribution < 1.29 is 33.6 Å². The molecule has 12 nitrogen and oxygen atoms in total. The highest BCUT2D eigenvalue weighted by Crippen LogP contribution is 2.40. The summed E-state index contributed by atoms with van der Waals surface area (Å²) >= 11 is 0. The number of ether oxygens (including phenoxy) is 3. The number of benzene rings is 1. The standard InChI is InChI=1S/C14H13N3O9/c1-24-13(18)8-6-26-7-15(11(8)14(19)25-2)12-9(16(20)21)4-3-5-10(12)17(22)23/h3-5H,6-7H2,1-2H3. The fraction of sp³-hybridized carbons (Fsp3) is 0.286. The Labute approximate surface area is 145 Å². The van der Waals surface area contributed by atoms with Crippen LogP contribution >= 0.6 is 0 Å². The van der Waals surface area contributed by atoms with Gasteiger partial charge < -0.3 is 14.2 Å². The van der Waals surface area contributed by atoms with E-state index < -0.39 is 51.3 Å². The van der Waals surface area contributed by atoms with Gasteiger partial charge in [-0.15, -0.1) is 0 Å². The van der Waals surface area contributed by atoms with Gasteiger partial charge in [-0.3, -0.25) is 25.1 Å². The molecule has 0 radical (unpaired) electrons. The first-order valence-electron chi connectivity index (χ1n) is 7.00. The molecule has 0 spiro atoms. The molecule has 0 amide bonds. The van der Waals surface area contributed by atoms with Gasteiger partial charge >= 0.3 is 11.9 Å². The summed E-state index contributed by atoms with van der Waals surface area (Å²) in [4.78, 5) is 46.0. The monoisotopic (exact) mass is 367 g/mol. The molecule has 12 heteroatoms. The smallest absolute Gasteiger partial charge is 0.355 e. The lowest BCUT2D eigenvalue weighted by atomic mass is 10.1. The van der Waals surface area contributed by atoms with E-state index in [0.717, 1.165) is 37.3 Å². The quantitative estimate of drug-likeness (QED) is 0.417. The molecule has 0 saturated heterocycles. The number of nitrogens with zero attached hydrogens (tertiary/aromatic N) is 3. The summed E-state index contributed by atoms with van der Waals surface area (Å²) in [5.74, 6) is -1.96. The molecule has 0 unspecified atom stereocenters. The van der Waals surface area contributed by atoms with Crippen molar-refractivity contribution >= 4 is 29.0 Å². The first-order valence-corrected chi connectivity index (χ1v) is 7.00. The van der Waals surface area contributed by atoms with Crippen molar-refractivity contribution in [3.05, 3.63) is 49.7 Å². The number of nitro groups is 2. The Morgan fingerprint density at radius 3 is 2.08 bits per heavy atom. The Morgan fingerprint density at radius 2 is 1.62 bits per heavy atom. The Hall–Kier alpha value is -3.54. The number of nitro benzene ring substituents is 2. The largest absolute Gasteiger partial charge is 0.466 e. The number of methoxy groups -OCH3 is 2. The van der Waals surface area contributed by atoms with Crippen molar-refractivity contribution in [1.29, 1.82) is 0 Å². The minimum atomic E-state index is -1.03. The molecule has 1 aromatic carbocycles. The molecule has 0 N–H and O–H groups in total. The molecular formula is C14H13N3O9. The summed E-state index contributed by atoms with van der Waals surface area (Å²) in [6, 6.07) is 3.20. The van der Waals surface area contributed by atoms with Crippen LogP contribution in [0.2, 0.25) is 0 Å². The summed E-state index contributed by atoms with van der Waals surface area (Å²) < 4.78 is 14.4. The minimum Gasteiger partial charge on any atom is -0.466 e. The van der Waals surface area contributed by atoms with Gasteiger partial charge in [0.05, 0.1) is 36.2 Å². The van der Waals surface area contributed by atoms with Gasteiger partial charge in [0.1, 0.15) is 12.4 Å². The number of anilines is 1. The van der Waals surface area contributed by atoms with E-state index in [0.29, 0.717) is 0 Å². The number of hydrogen-bond acceptors (Lipinski definition) is 10. The van der Waals surface area contributed by atoms with E-state index in [9.17, 15) is 29.8 Å². The van der Waals surface area contributed by atoms with E-state index in [1.54, 1.807) is 0 Å². The Balaban J connectivity index is 2.80. The van der Waals surface area contributed by atoms with Crippen LogP contribution in [0.1, 0.15) is 0 Å². The van der Waals surface area contributed by atoms with Crippen LogP contribution < -0.4 is 4.90 Å². The number of carbonyl (C=O) groups is 2. The van der Waals surface area contributed by atoms with Gasteiger partial charge in [0.15, 0.2) is 0 Å². The average Bonchev–Trinajstić information content (AvgIpc) is 2.65. The summed E-state index contributed by atoms with van der Waals surface area (Å²) in [6.07, 6.45) is 0. The second kappa shape index (κ2) is 7.57. The topological polar surface area (TPSA) is 151 Å². The van der Waals surface area contributed by atoms with Gasteiger partial charge in [0, 0.05) is 12.1 Å². The van der Waals surface area contributed by atoms with Crippen molar-refractivity contribution in [2.24, 2.45) is 0 Å². The van der Waals surface area contributed by atoms with E-state index in [4.69, 9.17) is 4.74 Å². The number of hydrogen-bond donors (Lipinski definition) is 0. The highest BCUT2D eigenvalue weighted by atomic mass is 16.6. The van der Waals surface area contributed by atoms with E-state index in [-0.39, 0.29) is 12.2 Å². The second-order valence-corrected chi connectivity index (χ2v) is 4.88. The molecule has 0 aromatic heterocycles. The molecule has 0 fully saturated rings. The summed E-state index contributed by atoms with van der Waals surface area (Å²) in [5, 5.41) is 22.7. The summed E-state index contributed by atoms with van der Waals surface area (Å²) in [5.41, 5.74) is -2.50. The van der Waals surface area contributed by atoms with Crippen molar-refractivity contribution in [3.63, 3.8) is 0 Å². The van der Waals surface area contributed by atoms with Crippen LogP contribution in [0.25, 0.3) is 0 Å². The first-order chi connectivity index (χ1) is 12.3. The van der Waals surface area contributed by atoms with Crippen molar-refractivity contribution in [1.82, 2.24) is 0 Å². The highest BCUT2D eigenvalue weighted by molar-refractivity contribution is 6.04. The zero-order valence-corrected chi connectivity index (χ0v) is 13.7. The van der Waals surface area contributed by atoms with E-state index >= 15 is 0 Å². The summed E-state index contributed by atoms with van der Waals surface area (Å²) in [6.45, 7) is -0.779. The lowest BCUT2D eigenvalue weighted by Crippen LogP contribution is -2.39. The molecule has 1 heterocycles. The molecule has 2 rings (SSSR count). The predicted octanol–water partition coefficient (Wildman–Crippen LogP) is 0.897. The lowest BCUT2D eigenvalue weighted by molar-refractivity contribution is -0.392. The second-order valence-electron chi connectivity index (χ2n) is 4.88. The predicted molar refractivity (Wildman–Crippen MR) is 84.1 cm³/mol. The van der Waals surface area contributed by atoms with E-state index in [2.05, 4.69) is 9.47 Å². The van der Waals surface area contributed by atoms with Crippen molar-refractivity contribution in [3.8, 4) is 0 Å². The Kier molecular flexibility index (Phi) is 5.47. The maximum Gasteiger partial charge on any atom is 0.355 e. The van der Waals surface area contributed by atoms with Crippen molar-refractivity contribution in [2.45, 2.75) is 0 Å². The lowest BCUT2D eigenvalue weighted by Gasteiger charge is -2.30. The molecular weight excluding hydrogens is 354 g/mol. The van der Waals surface area contributed by atoms with Gasteiger partial charge in [-0.2, -0.15) is 0 Å². The zero-order valence-electron chi connectivity index (χ0n) is 13.7. The Bertz CT molecular complexity index is 786. The number of carbonyl (C=O) groups excluding carboxylic acids is 2. The molecule has 1 aromatic rings. The molecule has 26 heavy (non-hydrogen) atoms. The molecule has 1 aliphatic heterocycles. The highest BCUT2D eigenvalue weighted by Gasteiger charge is 2.39. The molecule has 138 valence electrons. The van der Waals surface area contributed by atoms with Gasteiger partial charge in [-0.25, -0.2) is 9.59 Å². The van der Waals surface area contributed by atoms with Crippen LogP contribution in [0.15, 0.2) is 29.5 Å². The molecule has 0 aliphatic carbocycles. The fourth-order valence-corrected chi connectivity index (χ4v) is 2.41. The maximum atomic E-state index is 12.2. The van der Waals surface area contributed by atoms with E-state index in [1.807, 2.05) is 0 Å². The van der Waals surface area contributed by atoms with E-state index in [1.165, 1.54) is 0 Å². The third kappa shape index (κ3) is 3.30. The van der Waals surface area contributed by atoms with Crippen LogP contribution in [0.4, 0.5) is 17.1 Å². The van der Waals surface area contributed by atoms with Crippen molar-refractivity contribution in [2.75, 3.05) is 32.5 Å². The van der Waals surface area contributed by atoms with Crippen LogP contribution in [0, 0.1) is 20.2 Å². The van der Waals surface area contributed by atoms with Crippen LogP contribution in [-0.2, 0) is 23.8 Å². The van der Waals surface area contributed by atoms with Gasteiger partial charge in [-0.1, -0.05) is 0 Å². The van der Waals surface area contributed by atoms with Crippen LogP contribution in [-0.4, -0.2) is 49.3 Å². The van der Waals surface area contributed by atoms with Gasteiger partial charge in [0.2, 0.25) is 5.69 Å². The van der Waals surface area contributed by atoms with Crippen LogP contribution in [0.5, 0.6) is 0 Å². The number of esters is 2. The zero-order chi connectivity index (χ0) is 19.4. The molecule has 1 aliphatic rings. The minimum absolute atomic E-state index is 0.280. The number of rotatable bonds is 5. The fourth-order valence-electron chi connectivity index (χ4n) is 2.41. The SMILES string of the molecule is COC(=O)C1=C(C(=O)OC)N(c2c([N+](=O)[O-])cccc2[N+](=O)[O-])COC1. The third-order valence-electron chi connectivity index (χ3n) is 3.49. The molecule has 0 atom stereocenters.